The van der Waals surface area contributed by atoms with Crippen molar-refractivity contribution in [1.29, 1.82) is 0 Å². The zero-order chi connectivity index (χ0) is 21.3. The Balaban J connectivity index is 0.000000257. The molecule has 0 aliphatic heterocycles. The van der Waals surface area contributed by atoms with E-state index in [1.165, 1.54) is 15.6 Å². The summed E-state index contributed by atoms with van der Waals surface area (Å²) in [5.41, 5.74) is -0.430. The average molecular weight is 407 g/mol. The van der Waals surface area contributed by atoms with E-state index in [0.717, 1.165) is 0 Å². The highest BCUT2D eigenvalue weighted by molar-refractivity contribution is 6.95. The Morgan fingerprint density at radius 3 is 0.897 bits per heavy atom. The lowest BCUT2D eigenvalue weighted by Crippen LogP contribution is -2.51. The van der Waals surface area contributed by atoms with Gasteiger partial charge in [0, 0.05) is 0 Å². The van der Waals surface area contributed by atoms with E-state index in [2.05, 4.69) is 91.0 Å². The van der Waals surface area contributed by atoms with Crippen LogP contribution in [0.2, 0.25) is 0 Å². The monoisotopic (exact) mass is 406 g/mol. The second-order valence-electron chi connectivity index (χ2n) is 9.06. The van der Waals surface area contributed by atoms with Crippen molar-refractivity contribution in [2.45, 2.75) is 52.7 Å². The van der Waals surface area contributed by atoms with Gasteiger partial charge in [-0.15, -0.1) is 0 Å². The van der Waals surface area contributed by atoms with Crippen LogP contribution in [-0.4, -0.2) is 20.0 Å². The summed E-state index contributed by atoms with van der Waals surface area (Å²) in [6, 6.07) is 32.7. The van der Waals surface area contributed by atoms with Crippen LogP contribution in [0.1, 0.15) is 41.5 Å². The van der Waals surface area contributed by atoms with Gasteiger partial charge in [0.25, 0.3) is 0 Å². The van der Waals surface area contributed by atoms with Crippen molar-refractivity contribution in [3.63, 3.8) is 0 Å². The third kappa shape index (κ3) is 8.78. The summed E-state index contributed by atoms with van der Waals surface area (Å²) >= 11 is 0. The molecule has 0 N–H and O–H groups in total. The van der Waals surface area contributed by atoms with Crippen LogP contribution in [0.5, 0.6) is 0 Å². The maximum absolute atomic E-state index is 5.09. The highest BCUT2D eigenvalue weighted by Crippen LogP contribution is 2.14. The molecule has 2 nitrogen and oxygen atoms in total. The first-order valence-corrected chi connectivity index (χ1v) is 11.9. The van der Waals surface area contributed by atoms with Gasteiger partial charge in [-0.05, 0) is 41.5 Å². The molecule has 3 rings (SSSR count). The van der Waals surface area contributed by atoms with Gasteiger partial charge in [0.2, 0.25) is 0 Å². The van der Waals surface area contributed by atoms with Gasteiger partial charge in [0.05, 0.1) is 11.2 Å². The molecule has 0 bridgehead atoms. The predicted octanol–water partition coefficient (Wildman–Crippen LogP) is 4.47. The SMILES string of the molecule is CC(C)(C)OOC(C)(C)C.c1ccc([SiH](c2ccccc2)c2ccccc2)cc1. The normalized spacial score (nSPS) is 11.7. The first kappa shape index (κ1) is 23.1. The van der Waals surface area contributed by atoms with Crippen LogP contribution >= 0.6 is 0 Å². The molecule has 0 saturated heterocycles. The first-order chi connectivity index (χ1) is 13.7. The van der Waals surface area contributed by atoms with E-state index >= 15 is 0 Å². The molecule has 29 heavy (non-hydrogen) atoms. The van der Waals surface area contributed by atoms with Crippen molar-refractivity contribution in [1.82, 2.24) is 0 Å². The van der Waals surface area contributed by atoms with Crippen LogP contribution in [0.25, 0.3) is 0 Å². The molecule has 3 heteroatoms. The minimum Gasteiger partial charge on any atom is -0.230 e. The van der Waals surface area contributed by atoms with E-state index in [1.54, 1.807) is 0 Å². The molecule has 0 aliphatic carbocycles. The van der Waals surface area contributed by atoms with Crippen molar-refractivity contribution >= 4 is 24.4 Å². The lowest BCUT2D eigenvalue weighted by molar-refractivity contribution is -0.393. The zero-order valence-corrected chi connectivity index (χ0v) is 19.7. The Hall–Kier alpha value is -2.20. The third-order valence-electron chi connectivity index (χ3n) is 3.94. The minimum absolute atomic E-state index is 0.215. The average Bonchev–Trinajstić information content (AvgIpc) is 2.69. The van der Waals surface area contributed by atoms with Gasteiger partial charge in [-0.2, -0.15) is 0 Å². The van der Waals surface area contributed by atoms with Gasteiger partial charge in [0.15, 0.2) is 0 Å². The first-order valence-electron chi connectivity index (χ1n) is 10.2. The van der Waals surface area contributed by atoms with Crippen LogP contribution < -0.4 is 15.6 Å². The van der Waals surface area contributed by atoms with E-state index < -0.39 is 8.80 Å². The Morgan fingerprint density at radius 2 is 0.690 bits per heavy atom. The standard InChI is InChI=1S/C18H16Si.C8H18O2/c1-4-10-16(11-5-1)19(17-12-6-2-7-13-17)18-14-8-3-9-15-18;1-7(2,3)9-10-8(4,5)6/h1-15,19H;1-6H3. The van der Waals surface area contributed by atoms with Crippen LogP contribution in [0, 0.1) is 0 Å². The van der Waals surface area contributed by atoms with E-state index in [-0.39, 0.29) is 11.2 Å². The summed E-state index contributed by atoms with van der Waals surface area (Å²) < 4.78 is 0. The molecule has 0 fully saturated rings. The Morgan fingerprint density at radius 1 is 0.448 bits per heavy atom. The summed E-state index contributed by atoms with van der Waals surface area (Å²) in [6.07, 6.45) is 0. The molecule has 3 aromatic rings. The summed E-state index contributed by atoms with van der Waals surface area (Å²) in [5.74, 6) is 0. The second kappa shape index (κ2) is 10.5. The summed E-state index contributed by atoms with van der Waals surface area (Å²) in [7, 11) is -1.31. The maximum Gasteiger partial charge on any atom is 0.132 e. The second-order valence-corrected chi connectivity index (χ2v) is 11.9. The van der Waals surface area contributed by atoms with Gasteiger partial charge < -0.3 is 0 Å². The van der Waals surface area contributed by atoms with Gasteiger partial charge in [-0.3, -0.25) is 0 Å². The van der Waals surface area contributed by atoms with Crippen molar-refractivity contribution < 1.29 is 9.78 Å². The Kier molecular flexibility index (Phi) is 8.39. The Bertz CT molecular complexity index is 711. The number of hydrogen-bond donors (Lipinski definition) is 0. The minimum atomic E-state index is -1.31. The van der Waals surface area contributed by atoms with Crippen molar-refractivity contribution in [2.24, 2.45) is 0 Å². The highest BCUT2D eigenvalue weighted by Gasteiger charge is 2.18. The predicted molar refractivity (Wildman–Crippen MR) is 127 cm³/mol. The van der Waals surface area contributed by atoms with E-state index in [1.807, 2.05) is 41.5 Å². The molecule has 154 valence electrons. The van der Waals surface area contributed by atoms with Crippen molar-refractivity contribution in [3.05, 3.63) is 91.0 Å². The quantitative estimate of drug-likeness (QED) is 0.275. The number of rotatable bonds is 4. The van der Waals surface area contributed by atoms with Crippen molar-refractivity contribution in [3.8, 4) is 0 Å². The molecular formula is C26H34O2Si. The van der Waals surface area contributed by atoms with Gasteiger partial charge in [-0.25, -0.2) is 9.78 Å². The van der Waals surface area contributed by atoms with E-state index in [9.17, 15) is 0 Å². The van der Waals surface area contributed by atoms with Crippen LogP contribution in [0.15, 0.2) is 91.0 Å². The topological polar surface area (TPSA) is 18.5 Å². The molecule has 0 atom stereocenters. The molecular weight excluding hydrogens is 372 g/mol. The molecule has 0 radical (unpaired) electrons. The van der Waals surface area contributed by atoms with E-state index in [4.69, 9.17) is 9.78 Å². The summed E-state index contributed by atoms with van der Waals surface area (Å²) in [5, 5.41) is 4.42. The molecule has 0 amide bonds. The molecule has 0 saturated carbocycles. The van der Waals surface area contributed by atoms with Gasteiger partial charge >= 0.3 is 0 Å². The maximum atomic E-state index is 5.09. The van der Waals surface area contributed by atoms with Gasteiger partial charge in [0.1, 0.15) is 8.80 Å². The zero-order valence-electron chi connectivity index (χ0n) is 18.6. The van der Waals surface area contributed by atoms with E-state index in [0.29, 0.717) is 0 Å². The fourth-order valence-electron chi connectivity index (χ4n) is 2.76. The summed E-state index contributed by atoms with van der Waals surface area (Å²) in [4.78, 5) is 10.2. The molecule has 3 aromatic carbocycles. The summed E-state index contributed by atoms with van der Waals surface area (Å²) in [6.45, 7) is 11.7. The molecule has 0 spiro atoms. The smallest absolute Gasteiger partial charge is 0.132 e. The van der Waals surface area contributed by atoms with Crippen LogP contribution in [0.3, 0.4) is 0 Å². The lowest BCUT2D eigenvalue weighted by atomic mass is 10.2. The highest BCUT2D eigenvalue weighted by atomic mass is 28.3. The Labute approximate surface area is 178 Å². The number of benzene rings is 3. The molecule has 0 aromatic heterocycles. The number of hydrogen-bond acceptors (Lipinski definition) is 2. The van der Waals surface area contributed by atoms with Crippen LogP contribution in [-0.2, 0) is 9.78 Å². The largest absolute Gasteiger partial charge is 0.230 e. The third-order valence-corrected chi connectivity index (χ3v) is 7.10. The fraction of sp³-hybridized carbons (Fsp3) is 0.308. The molecule has 0 aliphatic rings. The van der Waals surface area contributed by atoms with Gasteiger partial charge in [-0.1, -0.05) is 107 Å². The van der Waals surface area contributed by atoms with Crippen LogP contribution in [0.4, 0.5) is 0 Å². The fourth-order valence-corrected chi connectivity index (χ4v) is 5.74. The van der Waals surface area contributed by atoms with Crippen molar-refractivity contribution in [2.75, 3.05) is 0 Å². The lowest BCUT2D eigenvalue weighted by Gasteiger charge is -2.24. The molecule has 0 heterocycles. The molecule has 0 unspecified atom stereocenters.